The molecule has 2 aromatic carbocycles. The van der Waals surface area contributed by atoms with Crippen molar-refractivity contribution in [3.63, 3.8) is 0 Å². The number of hydrogen-bond donors (Lipinski definition) is 2. The van der Waals surface area contributed by atoms with Crippen LogP contribution < -0.4 is 10.6 Å². The predicted octanol–water partition coefficient (Wildman–Crippen LogP) is 3.60. The molecule has 1 aromatic heterocycles. The summed E-state index contributed by atoms with van der Waals surface area (Å²) in [7, 11) is 0. The van der Waals surface area contributed by atoms with Gasteiger partial charge in [0.1, 0.15) is 11.5 Å². The third-order valence-corrected chi connectivity index (χ3v) is 5.41. The van der Waals surface area contributed by atoms with Crippen LogP contribution in [0.5, 0.6) is 0 Å². The number of aryl methyl sites for hydroxylation is 1. The summed E-state index contributed by atoms with van der Waals surface area (Å²) in [5.41, 5.74) is 2.52. The molecule has 0 unspecified atom stereocenters. The number of carbonyl (C=O) groups is 2. The zero-order valence-electron chi connectivity index (χ0n) is 18.1. The number of furan rings is 1. The quantitative estimate of drug-likeness (QED) is 0.595. The van der Waals surface area contributed by atoms with Crippen LogP contribution in [0, 0.1) is 6.92 Å². The lowest BCUT2D eigenvalue weighted by molar-refractivity contribution is 0.0312. The first kappa shape index (κ1) is 21.8. The maximum absolute atomic E-state index is 12.7. The summed E-state index contributed by atoms with van der Waals surface area (Å²) in [6, 6.07) is 18.1. The van der Waals surface area contributed by atoms with Crippen LogP contribution in [0.2, 0.25) is 0 Å². The number of nitrogens with zero attached hydrogens (tertiary/aromatic N) is 1. The normalized spacial score (nSPS) is 14.2. The number of rotatable bonds is 7. The molecule has 32 heavy (non-hydrogen) atoms. The smallest absolute Gasteiger partial charge is 0.255 e. The van der Waals surface area contributed by atoms with Crippen LogP contribution in [0.3, 0.4) is 0 Å². The van der Waals surface area contributed by atoms with Crippen molar-refractivity contribution in [3.05, 3.63) is 88.9 Å². The molecule has 0 radical (unpaired) electrons. The summed E-state index contributed by atoms with van der Waals surface area (Å²) in [5, 5.41) is 5.77. The molecule has 0 saturated carbocycles. The monoisotopic (exact) mass is 433 g/mol. The highest BCUT2D eigenvalue weighted by molar-refractivity contribution is 6.05. The van der Waals surface area contributed by atoms with Gasteiger partial charge < -0.3 is 19.8 Å². The molecule has 0 spiro atoms. The molecular formula is C25H27N3O4. The number of hydrogen-bond acceptors (Lipinski definition) is 5. The van der Waals surface area contributed by atoms with Gasteiger partial charge in [-0.15, -0.1) is 0 Å². The summed E-state index contributed by atoms with van der Waals surface area (Å²) in [6.07, 6.45) is 0. The van der Waals surface area contributed by atoms with Gasteiger partial charge in [-0.05, 0) is 48.9 Å². The van der Waals surface area contributed by atoms with E-state index in [4.69, 9.17) is 9.15 Å². The molecule has 2 amide bonds. The molecule has 1 aliphatic rings. The molecule has 7 nitrogen and oxygen atoms in total. The predicted molar refractivity (Wildman–Crippen MR) is 122 cm³/mol. The molecule has 1 aliphatic heterocycles. The molecular weight excluding hydrogens is 406 g/mol. The molecule has 1 saturated heterocycles. The van der Waals surface area contributed by atoms with E-state index in [0.717, 1.165) is 44.2 Å². The second-order valence-electron chi connectivity index (χ2n) is 7.79. The van der Waals surface area contributed by atoms with Crippen LogP contribution in [0.4, 0.5) is 5.69 Å². The Kier molecular flexibility index (Phi) is 6.99. The van der Waals surface area contributed by atoms with E-state index in [2.05, 4.69) is 15.5 Å². The number of amides is 2. The van der Waals surface area contributed by atoms with E-state index in [0.29, 0.717) is 29.1 Å². The van der Waals surface area contributed by atoms with Gasteiger partial charge in [-0.2, -0.15) is 0 Å². The maximum Gasteiger partial charge on any atom is 0.255 e. The van der Waals surface area contributed by atoms with Crippen molar-refractivity contribution in [1.29, 1.82) is 0 Å². The zero-order valence-corrected chi connectivity index (χ0v) is 18.1. The third kappa shape index (κ3) is 5.63. The maximum atomic E-state index is 12.7. The Balaban J connectivity index is 1.34. The Bertz CT molecular complexity index is 1070. The number of nitrogens with one attached hydrogen (secondary N) is 2. The summed E-state index contributed by atoms with van der Waals surface area (Å²) >= 11 is 0. The largest absolute Gasteiger partial charge is 0.463 e. The standard InChI is InChI=1S/C25H27N3O4/c1-18-7-8-20(15-23(18)27-25(30)19-5-3-2-4-6-19)24(29)26-16-21-9-10-22(32-21)17-28-11-13-31-14-12-28/h2-10,15H,11-14,16-17H2,1H3,(H,26,29)(H,27,30). The lowest BCUT2D eigenvalue weighted by Crippen LogP contribution is -2.35. The summed E-state index contributed by atoms with van der Waals surface area (Å²) in [5.74, 6) is 1.13. The Hall–Kier alpha value is -3.42. The number of ether oxygens (including phenoxy) is 1. The molecule has 1 fully saturated rings. The molecule has 0 aliphatic carbocycles. The Morgan fingerprint density at radius 1 is 0.906 bits per heavy atom. The number of benzene rings is 2. The minimum atomic E-state index is -0.230. The average molecular weight is 434 g/mol. The van der Waals surface area contributed by atoms with Crippen molar-refractivity contribution in [2.24, 2.45) is 0 Å². The van der Waals surface area contributed by atoms with Crippen LogP contribution in [-0.2, 0) is 17.8 Å². The van der Waals surface area contributed by atoms with Gasteiger partial charge in [0, 0.05) is 29.9 Å². The van der Waals surface area contributed by atoms with Crippen molar-refractivity contribution >= 4 is 17.5 Å². The summed E-state index contributed by atoms with van der Waals surface area (Å²) in [4.78, 5) is 27.4. The van der Waals surface area contributed by atoms with E-state index in [1.54, 1.807) is 24.3 Å². The van der Waals surface area contributed by atoms with Crippen molar-refractivity contribution < 1.29 is 18.7 Å². The van der Waals surface area contributed by atoms with Crippen LogP contribution in [0.15, 0.2) is 65.1 Å². The van der Waals surface area contributed by atoms with Gasteiger partial charge in [0.2, 0.25) is 0 Å². The fraction of sp³-hybridized carbons (Fsp3) is 0.280. The molecule has 3 aromatic rings. The van der Waals surface area contributed by atoms with Gasteiger partial charge in [-0.3, -0.25) is 14.5 Å². The summed E-state index contributed by atoms with van der Waals surface area (Å²) < 4.78 is 11.2. The van der Waals surface area contributed by atoms with Crippen LogP contribution in [0.1, 0.15) is 37.8 Å². The number of morpholine rings is 1. The highest BCUT2D eigenvalue weighted by atomic mass is 16.5. The minimum absolute atomic E-state index is 0.213. The molecule has 4 rings (SSSR count). The van der Waals surface area contributed by atoms with Crippen LogP contribution in [-0.4, -0.2) is 43.0 Å². The number of anilines is 1. The van der Waals surface area contributed by atoms with E-state index in [1.165, 1.54) is 0 Å². The Morgan fingerprint density at radius 2 is 1.66 bits per heavy atom. The first-order valence-corrected chi connectivity index (χ1v) is 10.7. The third-order valence-electron chi connectivity index (χ3n) is 5.41. The first-order valence-electron chi connectivity index (χ1n) is 10.7. The van der Waals surface area contributed by atoms with Crippen molar-refractivity contribution in [1.82, 2.24) is 10.2 Å². The van der Waals surface area contributed by atoms with E-state index in [-0.39, 0.29) is 11.8 Å². The Morgan fingerprint density at radius 3 is 2.44 bits per heavy atom. The number of carbonyl (C=O) groups excluding carboxylic acids is 2. The molecule has 2 N–H and O–H groups in total. The fourth-order valence-electron chi connectivity index (χ4n) is 3.53. The fourth-order valence-corrected chi connectivity index (χ4v) is 3.53. The lowest BCUT2D eigenvalue weighted by Gasteiger charge is -2.25. The van der Waals surface area contributed by atoms with Gasteiger partial charge in [0.25, 0.3) is 11.8 Å². The molecule has 166 valence electrons. The van der Waals surface area contributed by atoms with Crippen molar-refractivity contribution in [2.45, 2.75) is 20.0 Å². The Labute approximate surface area is 187 Å². The van der Waals surface area contributed by atoms with Crippen LogP contribution in [0.25, 0.3) is 0 Å². The van der Waals surface area contributed by atoms with Gasteiger partial charge in [0.15, 0.2) is 0 Å². The second-order valence-corrected chi connectivity index (χ2v) is 7.79. The second kappa shape index (κ2) is 10.3. The van der Waals surface area contributed by atoms with Crippen molar-refractivity contribution in [3.8, 4) is 0 Å². The highest BCUT2D eigenvalue weighted by Gasteiger charge is 2.14. The van der Waals surface area contributed by atoms with Gasteiger partial charge in [-0.25, -0.2) is 0 Å². The van der Waals surface area contributed by atoms with Gasteiger partial charge in [0.05, 0.1) is 26.3 Å². The summed E-state index contributed by atoms with van der Waals surface area (Å²) in [6.45, 7) is 6.19. The lowest BCUT2D eigenvalue weighted by atomic mass is 10.1. The minimum Gasteiger partial charge on any atom is -0.463 e. The molecule has 0 bridgehead atoms. The van der Waals surface area contributed by atoms with Gasteiger partial charge in [-0.1, -0.05) is 24.3 Å². The topological polar surface area (TPSA) is 83.8 Å². The van der Waals surface area contributed by atoms with Crippen LogP contribution >= 0.6 is 0 Å². The molecule has 7 heteroatoms. The van der Waals surface area contributed by atoms with Crippen molar-refractivity contribution in [2.75, 3.05) is 31.6 Å². The average Bonchev–Trinajstić information content (AvgIpc) is 3.27. The SMILES string of the molecule is Cc1ccc(C(=O)NCc2ccc(CN3CCOCC3)o2)cc1NC(=O)c1ccccc1. The first-order chi connectivity index (χ1) is 15.6. The molecule has 0 atom stereocenters. The molecule has 2 heterocycles. The van der Waals surface area contributed by atoms with E-state index >= 15 is 0 Å². The highest BCUT2D eigenvalue weighted by Crippen LogP contribution is 2.19. The van der Waals surface area contributed by atoms with Gasteiger partial charge >= 0.3 is 0 Å². The zero-order chi connectivity index (χ0) is 22.3. The van der Waals surface area contributed by atoms with E-state index in [9.17, 15) is 9.59 Å². The van der Waals surface area contributed by atoms with E-state index in [1.807, 2.05) is 43.3 Å². The van der Waals surface area contributed by atoms with E-state index < -0.39 is 0 Å².